The molecule has 0 N–H and O–H groups in total. The lowest BCUT2D eigenvalue weighted by Crippen LogP contribution is -2.58. The van der Waals surface area contributed by atoms with E-state index in [-0.39, 0.29) is 12.4 Å². The van der Waals surface area contributed by atoms with Gasteiger partial charge >= 0.3 is 36.0 Å². The fourth-order valence-corrected chi connectivity index (χ4v) is 4.81. The number of rotatable bonds is 8. The molecule has 2 heterocycles. The highest BCUT2D eigenvalue weighted by Gasteiger charge is 2.78. The molecular formula is C28H22F14N2O4. The van der Waals surface area contributed by atoms with Gasteiger partial charge in [0.15, 0.2) is 0 Å². The minimum absolute atomic E-state index is 0.249. The number of anilines is 2. The number of amides is 2. The summed E-state index contributed by atoms with van der Waals surface area (Å²) in [7, 11) is 0. The van der Waals surface area contributed by atoms with E-state index in [1.165, 1.54) is 0 Å². The van der Waals surface area contributed by atoms with E-state index in [1.807, 2.05) is 0 Å². The fraction of sp³-hybridized carbons (Fsp3) is 0.500. The van der Waals surface area contributed by atoms with Crippen molar-refractivity contribution in [3.63, 3.8) is 0 Å². The van der Waals surface area contributed by atoms with Gasteiger partial charge in [-0.15, -0.1) is 0 Å². The molecule has 2 amide bonds. The molecular weight excluding hydrogens is 694 g/mol. The van der Waals surface area contributed by atoms with E-state index in [4.69, 9.17) is 0 Å². The molecule has 3 rings (SSSR count). The summed E-state index contributed by atoms with van der Waals surface area (Å²) in [5.74, 6) is -34.5. The summed E-state index contributed by atoms with van der Waals surface area (Å²) in [5, 5.41) is 0. The summed E-state index contributed by atoms with van der Waals surface area (Å²) in [6, 6.07) is 3.68. The van der Waals surface area contributed by atoms with Crippen LogP contribution in [0.2, 0.25) is 0 Å². The third-order valence-corrected chi connectivity index (χ3v) is 7.64. The predicted molar refractivity (Wildman–Crippen MR) is 136 cm³/mol. The molecule has 0 aromatic heterocycles. The highest BCUT2D eigenvalue weighted by Crippen LogP contribution is 2.52. The minimum atomic E-state index is -6.87. The maximum Gasteiger partial charge on any atom is 0.460 e. The number of alkyl halides is 14. The second-order valence-corrected chi connectivity index (χ2v) is 12.2. The number of nitrogens with zero attached hydrogens (tertiary/aromatic N) is 2. The van der Waals surface area contributed by atoms with E-state index in [0.717, 1.165) is 52.0 Å². The molecule has 0 spiro atoms. The number of Topliss-reactive ketones (excluding diaryl/α,β-unsaturated/α-hetero) is 2. The van der Waals surface area contributed by atoms with Crippen LogP contribution < -0.4 is 9.80 Å². The van der Waals surface area contributed by atoms with Crippen LogP contribution in [0.1, 0.15) is 40.5 Å². The SMILES string of the molecule is CC1(C)CC(=O)N(c2cccc(N3C=C(C(=O)C(F)(F)C(F)(F)C(F)(F)F)C(C)(C)CC3=O)c2)C=C1C(=O)C(F)(F)C(F)(F)C(F)(F)F. The van der Waals surface area contributed by atoms with Crippen LogP contribution in [0.5, 0.6) is 0 Å². The Morgan fingerprint density at radius 1 is 0.583 bits per heavy atom. The summed E-state index contributed by atoms with van der Waals surface area (Å²) in [6.45, 7) is 3.67. The maximum atomic E-state index is 14.4. The molecule has 0 bridgehead atoms. The quantitative estimate of drug-likeness (QED) is 0.258. The first-order chi connectivity index (χ1) is 21.3. The van der Waals surface area contributed by atoms with Crippen LogP contribution in [0.3, 0.4) is 0 Å². The van der Waals surface area contributed by atoms with Crippen molar-refractivity contribution in [2.24, 2.45) is 10.8 Å². The molecule has 0 unspecified atom stereocenters. The first-order valence-electron chi connectivity index (χ1n) is 13.2. The van der Waals surface area contributed by atoms with E-state index >= 15 is 0 Å². The lowest BCUT2D eigenvalue weighted by atomic mass is 9.75. The van der Waals surface area contributed by atoms with Crippen LogP contribution in [0.15, 0.2) is 47.8 Å². The first kappa shape index (κ1) is 38.4. The van der Waals surface area contributed by atoms with Crippen molar-refractivity contribution >= 4 is 34.8 Å². The molecule has 266 valence electrons. The Labute approximate surface area is 261 Å². The zero-order chi connectivity index (χ0) is 37.4. The number of ketones is 2. The number of carbonyl (C=O) groups excluding carboxylic acids is 4. The van der Waals surface area contributed by atoms with Crippen molar-refractivity contribution in [1.29, 1.82) is 0 Å². The summed E-state index contributed by atoms with van der Waals surface area (Å²) in [4.78, 5) is 51.6. The van der Waals surface area contributed by atoms with Gasteiger partial charge in [0.25, 0.3) is 0 Å². The Hall–Kier alpha value is -4.00. The molecule has 1 aromatic rings. The number of hydrogen-bond donors (Lipinski definition) is 0. The largest absolute Gasteiger partial charge is 0.460 e. The van der Waals surface area contributed by atoms with E-state index in [9.17, 15) is 80.6 Å². The highest BCUT2D eigenvalue weighted by molar-refractivity contribution is 6.09. The third-order valence-electron chi connectivity index (χ3n) is 7.64. The smallest absolute Gasteiger partial charge is 0.287 e. The summed E-state index contributed by atoms with van der Waals surface area (Å²) in [6.07, 6.45) is -15.1. The Bertz CT molecular complexity index is 1490. The predicted octanol–water partition coefficient (Wildman–Crippen LogP) is 7.78. The zero-order valence-electron chi connectivity index (χ0n) is 24.7. The van der Waals surface area contributed by atoms with Crippen LogP contribution in [0, 0.1) is 10.8 Å². The summed E-state index contributed by atoms with van der Waals surface area (Å²) in [5.41, 5.74) is -7.81. The molecule has 2 aliphatic rings. The fourth-order valence-electron chi connectivity index (χ4n) is 4.81. The molecule has 48 heavy (non-hydrogen) atoms. The normalized spacial score (nSPS) is 19.6. The van der Waals surface area contributed by atoms with Crippen LogP contribution in [0.4, 0.5) is 72.8 Å². The summed E-state index contributed by atoms with van der Waals surface area (Å²) >= 11 is 0. The van der Waals surface area contributed by atoms with Crippen molar-refractivity contribution < 1.29 is 80.6 Å². The molecule has 0 aliphatic carbocycles. The highest BCUT2D eigenvalue weighted by atomic mass is 19.4. The molecule has 0 fully saturated rings. The Balaban J connectivity index is 2.14. The molecule has 0 atom stereocenters. The van der Waals surface area contributed by atoms with E-state index in [1.54, 1.807) is 0 Å². The van der Waals surface area contributed by atoms with Crippen molar-refractivity contribution in [2.75, 3.05) is 9.80 Å². The van der Waals surface area contributed by atoms with Gasteiger partial charge < -0.3 is 0 Å². The van der Waals surface area contributed by atoms with E-state index in [2.05, 4.69) is 0 Å². The second kappa shape index (κ2) is 11.3. The first-order valence-corrected chi connectivity index (χ1v) is 13.2. The average molecular weight is 716 g/mol. The van der Waals surface area contributed by atoms with Gasteiger partial charge in [-0.1, -0.05) is 33.8 Å². The molecule has 1 aromatic carbocycles. The van der Waals surface area contributed by atoms with Crippen LogP contribution >= 0.6 is 0 Å². The number of carbonyl (C=O) groups is 4. The molecule has 6 nitrogen and oxygen atoms in total. The van der Waals surface area contributed by atoms with Gasteiger partial charge in [0, 0.05) is 47.2 Å². The van der Waals surface area contributed by atoms with Crippen molar-refractivity contribution in [3.8, 4) is 0 Å². The van der Waals surface area contributed by atoms with Gasteiger partial charge in [-0.05, 0) is 18.2 Å². The summed E-state index contributed by atoms with van der Waals surface area (Å²) < 4.78 is 189. The average Bonchev–Trinajstić information content (AvgIpc) is 2.90. The Morgan fingerprint density at radius 3 is 1.15 bits per heavy atom. The third kappa shape index (κ3) is 6.05. The van der Waals surface area contributed by atoms with Gasteiger partial charge in [-0.3, -0.25) is 29.0 Å². The van der Waals surface area contributed by atoms with Crippen molar-refractivity contribution in [2.45, 2.75) is 76.6 Å². The number of hydrogen-bond acceptors (Lipinski definition) is 4. The van der Waals surface area contributed by atoms with Crippen LogP contribution in [-0.4, -0.2) is 59.4 Å². The Morgan fingerprint density at radius 2 is 0.875 bits per heavy atom. The second-order valence-electron chi connectivity index (χ2n) is 12.2. The molecule has 0 saturated heterocycles. The van der Waals surface area contributed by atoms with Gasteiger partial charge in [0.2, 0.25) is 23.4 Å². The van der Waals surface area contributed by atoms with E-state index in [0.29, 0.717) is 9.80 Å². The van der Waals surface area contributed by atoms with Crippen molar-refractivity contribution in [3.05, 3.63) is 47.8 Å². The van der Waals surface area contributed by atoms with Gasteiger partial charge in [0.05, 0.1) is 11.4 Å². The van der Waals surface area contributed by atoms with Crippen LogP contribution in [-0.2, 0) is 19.2 Å². The minimum Gasteiger partial charge on any atom is -0.287 e. The lowest BCUT2D eigenvalue weighted by Gasteiger charge is -2.38. The standard InChI is InChI=1S/C28H22F14N2O4/c1-21(2)9-17(45)43(11-15(21)19(47)23(29,30)25(33,34)27(37,38)39)13-6-5-7-14(8-13)44-12-16(22(3,4)10-18(44)46)20(48)24(31,32)26(35,36)28(40,41)42/h5-8,11-12H,9-10H2,1-4H3. The lowest BCUT2D eigenvalue weighted by molar-refractivity contribution is -0.343. The Kier molecular flexibility index (Phi) is 9.04. The molecule has 0 saturated carbocycles. The number of allylic oxidation sites excluding steroid dienone is 2. The monoisotopic (exact) mass is 716 g/mol. The molecule has 0 radical (unpaired) electrons. The topological polar surface area (TPSA) is 74.8 Å². The van der Waals surface area contributed by atoms with E-state index < -0.39 is 106 Å². The van der Waals surface area contributed by atoms with Gasteiger partial charge in [-0.2, -0.15) is 61.5 Å². The van der Waals surface area contributed by atoms with Gasteiger partial charge in [0.1, 0.15) is 0 Å². The van der Waals surface area contributed by atoms with Crippen LogP contribution in [0.25, 0.3) is 0 Å². The maximum absolute atomic E-state index is 14.4. The zero-order valence-corrected chi connectivity index (χ0v) is 24.7. The molecule has 2 aliphatic heterocycles. The number of halogens is 14. The molecule has 20 heteroatoms. The number of benzene rings is 1. The van der Waals surface area contributed by atoms with Gasteiger partial charge in [-0.25, -0.2) is 0 Å². The van der Waals surface area contributed by atoms with Crippen molar-refractivity contribution in [1.82, 2.24) is 0 Å².